The number of nitrogen functional groups attached to an aromatic ring is 1. The van der Waals surface area contributed by atoms with E-state index in [-0.39, 0.29) is 5.25 Å². The molecule has 4 heteroatoms. The van der Waals surface area contributed by atoms with Crippen LogP contribution in [0.2, 0.25) is 0 Å². The minimum atomic E-state index is -0.820. The SMILES string of the molecule is CC(Sc1ccc(F)c(F)c1)c1ccc(N)cc1. The number of hydrogen-bond acceptors (Lipinski definition) is 2. The van der Waals surface area contributed by atoms with E-state index >= 15 is 0 Å². The van der Waals surface area contributed by atoms with Gasteiger partial charge >= 0.3 is 0 Å². The summed E-state index contributed by atoms with van der Waals surface area (Å²) in [6.07, 6.45) is 0. The van der Waals surface area contributed by atoms with Crippen LogP contribution in [0, 0.1) is 11.6 Å². The van der Waals surface area contributed by atoms with Gasteiger partial charge in [-0.2, -0.15) is 0 Å². The number of anilines is 1. The first-order valence-electron chi connectivity index (χ1n) is 5.53. The summed E-state index contributed by atoms with van der Waals surface area (Å²) in [5.41, 5.74) is 7.43. The first kappa shape index (κ1) is 12.9. The summed E-state index contributed by atoms with van der Waals surface area (Å²) in [6, 6.07) is 11.5. The fourth-order valence-corrected chi connectivity index (χ4v) is 2.61. The standard InChI is InChI=1S/C14H13F2NS/c1-9(10-2-4-11(17)5-3-10)18-12-6-7-13(15)14(16)8-12/h2-9H,17H2,1H3. The summed E-state index contributed by atoms with van der Waals surface area (Å²) in [5.74, 6) is -1.64. The molecule has 0 heterocycles. The van der Waals surface area contributed by atoms with Crippen molar-refractivity contribution < 1.29 is 8.78 Å². The maximum absolute atomic E-state index is 13.1. The normalized spacial score (nSPS) is 12.4. The van der Waals surface area contributed by atoms with Crippen LogP contribution in [0.4, 0.5) is 14.5 Å². The summed E-state index contributed by atoms with van der Waals surface area (Å²) in [7, 11) is 0. The lowest BCUT2D eigenvalue weighted by atomic mass is 10.1. The maximum Gasteiger partial charge on any atom is 0.159 e. The van der Waals surface area contributed by atoms with Gasteiger partial charge in [0.1, 0.15) is 0 Å². The lowest BCUT2D eigenvalue weighted by Gasteiger charge is -2.12. The fraction of sp³-hybridized carbons (Fsp3) is 0.143. The van der Waals surface area contributed by atoms with Crippen molar-refractivity contribution >= 4 is 17.4 Å². The minimum absolute atomic E-state index is 0.149. The number of hydrogen-bond donors (Lipinski definition) is 1. The molecule has 0 amide bonds. The second-order valence-electron chi connectivity index (χ2n) is 4.00. The zero-order valence-corrected chi connectivity index (χ0v) is 10.7. The Morgan fingerprint density at radius 1 is 1.00 bits per heavy atom. The molecule has 18 heavy (non-hydrogen) atoms. The molecule has 0 aliphatic rings. The first-order chi connectivity index (χ1) is 8.56. The number of thioether (sulfide) groups is 1. The van der Waals surface area contributed by atoms with Gasteiger partial charge in [-0.25, -0.2) is 8.78 Å². The molecule has 1 atom stereocenters. The summed E-state index contributed by atoms with van der Waals surface area (Å²) >= 11 is 1.48. The van der Waals surface area contributed by atoms with E-state index in [9.17, 15) is 8.78 Å². The topological polar surface area (TPSA) is 26.0 Å². The average molecular weight is 265 g/mol. The Morgan fingerprint density at radius 2 is 1.67 bits per heavy atom. The van der Waals surface area contributed by atoms with Gasteiger partial charge in [0, 0.05) is 15.8 Å². The van der Waals surface area contributed by atoms with Gasteiger partial charge in [-0.05, 0) is 42.8 Å². The monoisotopic (exact) mass is 265 g/mol. The molecule has 0 aromatic heterocycles. The van der Waals surface area contributed by atoms with Crippen molar-refractivity contribution in [3.63, 3.8) is 0 Å². The van der Waals surface area contributed by atoms with Crippen molar-refractivity contribution in [1.82, 2.24) is 0 Å². The Hall–Kier alpha value is -1.55. The molecule has 0 spiro atoms. The largest absolute Gasteiger partial charge is 0.399 e. The van der Waals surface area contributed by atoms with Gasteiger partial charge in [0.2, 0.25) is 0 Å². The van der Waals surface area contributed by atoms with E-state index in [4.69, 9.17) is 5.73 Å². The molecule has 0 aliphatic heterocycles. The molecule has 2 aromatic rings. The number of rotatable bonds is 3. The highest BCUT2D eigenvalue weighted by Gasteiger charge is 2.09. The van der Waals surface area contributed by atoms with Gasteiger partial charge in [-0.1, -0.05) is 12.1 Å². The minimum Gasteiger partial charge on any atom is -0.399 e. The van der Waals surface area contributed by atoms with Crippen LogP contribution in [-0.2, 0) is 0 Å². The molecule has 0 saturated carbocycles. The van der Waals surface area contributed by atoms with Crippen molar-refractivity contribution in [2.24, 2.45) is 0 Å². The molecule has 0 bridgehead atoms. The number of benzene rings is 2. The zero-order valence-electron chi connectivity index (χ0n) is 9.86. The molecular formula is C14H13F2NS. The molecule has 2 aromatic carbocycles. The fourth-order valence-electron chi connectivity index (χ4n) is 1.59. The molecule has 1 unspecified atom stereocenters. The Balaban J connectivity index is 2.13. The van der Waals surface area contributed by atoms with Crippen molar-refractivity contribution in [2.45, 2.75) is 17.1 Å². The van der Waals surface area contributed by atoms with Crippen LogP contribution in [0.15, 0.2) is 47.4 Å². The molecule has 2 N–H and O–H groups in total. The molecule has 0 radical (unpaired) electrons. The predicted octanol–water partition coefficient (Wildman–Crippen LogP) is 4.40. The highest BCUT2D eigenvalue weighted by molar-refractivity contribution is 7.99. The number of halogens is 2. The summed E-state index contributed by atoms with van der Waals surface area (Å²) < 4.78 is 25.9. The van der Waals surface area contributed by atoms with Gasteiger partial charge in [-0.15, -0.1) is 11.8 Å². The second-order valence-corrected chi connectivity index (χ2v) is 5.42. The van der Waals surface area contributed by atoms with Crippen LogP contribution in [-0.4, -0.2) is 0 Å². The quantitative estimate of drug-likeness (QED) is 0.657. The zero-order chi connectivity index (χ0) is 13.1. The van der Waals surface area contributed by atoms with E-state index in [1.165, 1.54) is 17.8 Å². The average Bonchev–Trinajstić information content (AvgIpc) is 2.34. The molecule has 0 aliphatic carbocycles. The van der Waals surface area contributed by atoms with Crippen LogP contribution in [0.25, 0.3) is 0 Å². The van der Waals surface area contributed by atoms with Gasteiger partial charge in [-0.3, -0.25) is 0 Å². The third-order valence-electron chi connectivity index (χ3n) is 2.61. The van der Waals surface area contributed by atoms with E-state index in [1.54, 1.807) is 6.07 Å². The van der Waals surface area contributed by atoms with Crippen molar-refractivity contribution in [2.75, 3.05) is 5.73 Å². The lowest BCUT2D eigenvalue weighted by molar-refractivity contribution is 0.506. The predicted molar refractivity (Wildman–Crippen MR) is 71.5 cm³/mol. The van der Waals surface area contributed by atoms with Gasteiger partial charge in [0.15, 0.2) is 11.6 Å². The highest BCUT2D eigenvalue weighted by atomic mass is 32.2. The molecule has 0 saturated heterocycles. The van der Waals surface area contributed by atoms with Crippen molar-refractivity contribution in [3.05, 3.63) is 59.7 Å². The Morgan fingerprint density at radius 3 is 2.28 bits per heavy atom. The number of nitrogens with two attached hydrogens (primary N) is 1. The van der Waals surface area contributed by atoms with E-state index in [1.807, 2.05) is 31.2 Å². The maximum atomic E-state index is 13.1. The van der Waals surface area contributed by atoms with Gasteiger partial charge in [0.05, 0.1) is 0 Å². The van der Waals surface area contributed by atoms with Crippen LogP contribution >= 0.6 is 11.8 Å². The van der Waals surface area contributed by atoms with E-state index in [0.29, 0.717) is 10.6 Å². The van der Waals surface area contributed by atoms with Gasteiger partial charge < -0.3 is 5.73 Å². The Bertz CT molecular complexity index is 540. The van der Waals surface area contributed by atoms with Crippen LogP contribution < -0.4 is 5.73 Å². The van der Waals surface area contributed by atoms with Gasteiger partial charge in [0.25, 0.3) is 0 Å². The lowest BCUT2D eigenvalue weighted by Crippen LogP contribution is -1.91. The van der Waals surface area contributed by atoms with E-state index in [2.05, 4.69) is 0 Å². The van der Waals surface area contributed by atoms with Crippen molar-refractivity contribution in [3.8, 4) is 0 Å². The van der Waals surface area contributed by atoms with Crippen LogP contribution in [0.1, 0.15) is 17.7 Å². The molecule has 94 valence electrons. The highest BCUT2D eigenvalue weighted by Crippen LogP contribution is 2.35. The Kier molecular flexibility index (Phi) is 3.87. The molecular weight excluding hydrogens is 252 g/mol. The smallest absolute Gasteiger partial charge is 0.159 e. The van der Waals surface area contributed by atoms with Crippen LogP contribution in [0.3, 0.4) is 0 Å². The molecule has 0 fully saturated rings. The third kappa shape index (κ3) is 3.01. The summed E-state index contributed by atoms with van der Waals surface area (Å²) in [5, 5.41) is 0.149. The molecule has 1 nitrogen and oxygen atoms in total. The first-order valence-corrected chi connectivity index (χ1v) is 6.41. The van der Waals surface area contributed by atoms with Crippen LogP contribution in [0.5, 0.6) is 0 Å². The summed E-state index contributed by atoms with van der Waals surface area (Å²) in [6.45, 7) is 2.01. The third-order valence-corrected chi connectivity index (χ3v) is 3.76. The molecule has 2 rings (SSSR count). The Labute approximate surface area is 109 Å². The van der Waals surface area contributed by atoms with E-state index < -0.39 is 11.6 Å². The summed E-state index contributed by atoms with van der Waals surface area (Å²) in [4.78, 5) is 0.707. The van der Waals surface area contributed by atoms with E-state index in [0.717, 1.165) is 11.6 Å². The second kappa shape index (κ2) is 5.40. The van der Waals surface area contributed by atoms with Crippen molar-refractivity contribution in [1.29, 1.82) is 0 Å².